The quantitative estimate of drug-likeness (QED) is 0.814. The fourth-order valence-electron chi connectivity index (χ4n) is 1.61. The number of aromatic nitrogens is 2. The number of halogens is 2. The Bertz CT molecular complexity index is 632. The van der Waals surface area contributed by atoms with Crippen molar-refractivity contribution in [1.82, 2.24) is 10.2 Å². The van der Waals surface area contributed by atoms with E-state index in [1.165, 1.54) is 7.11 Å². The topological polar surface area (TPSA) is 55.3 Å². The number of carbonyl (C=O) groups excluding carboxylic acids is 1. The molecule has 2 aromatic rings. The van der Waals surface area contributed by atoms with Crippen LogP contribution < -0.4 is 4.90 Å². The van der Waals surface area contributed by atoms with Gasteiger partial charge in [-0.3, -0.25) is 0 Å². The molecule has 20 heavy (non-hydrogen) atoms. The Hall–Kier alpha value is -1.85. The molecule has 1 aromatic heterocycles. The van der Waals surface area contributed by atoms with Crippen molar-refractivity contribution in [3.05, 3.63) is 46.1 Å². The number of nitrogens with zero attached hydrogens (tertiary/aromatic N) is 3. The second kappa shape index (κ2) is 6.07. The molecule has 0 spiro atoms. The zero-order valence-corrected chi connectivity index (χ0v) is 12.3. The number of ether oxygens (including phenoxy) is 1. The van der Waals surface area contributed by atoms with Crippen LogP contribution >= 0.6 is 23.2 Å². The van der Waals surface area contributed by atoms with Gasteiger partial charge in [0.05, 0.1) is 17.7 Å². The summed E-state index contributed by atoms with van der Waals surface area (Å²) in [7, 11) is 3.10. The summed E-state index contributed by atoms with van der Waals surface area (Å²) >= 11 is 11.7. The van der Waals surface area contributed by atoms with Gasteiger partial charge in [-0.15, -0.1) is 10.2 Å². The largest absolute Gasteiger partial charge is 0.465 e. The van der Waals surface area contributed by atoms with E-state index < -0.39 is 5.97 Å². The van der Waals surface area contributed by atoms with Crippen molar-refractivity contribution in [1.29, 1.82) is 0 Å². The van der Waals surface area contributed by atoms with Crippen LogP contribution in [0.2, 0.25) is 10.2 Å². The van der Waals surface area contributed by atoms with E-state index in [4.69, 9.17) is 23.2 Å². The van der Waals surface area contributed by atoms with Crippen LogP contribution in [0.5, 0.6) is 0 Å². The maximum atomic E-state index is 11.6. The normalized spacial score (nSPS) is 10.2. The SMILES string of the molecule is COC(=O)c1cc(N(C)c2ccc(Cl)nn2)ccc1Cl. The van der Waals surface area contributed by atoms with Gasteiger partial charge in [0.1, 0.15) is 0 Å². The molecule has 0 saturated heterocycles. The van der Waals surface area contributed by atoms with Crippen LogP contribution in [0, 0.1) is 0 Å². The van der Waals surface area contributed by atoms with Crippen LogP contribution in [0.1, 0.15) is 10.4 Å². The van der Waals surface area contributed by atoms with Crippen molar-refractivity contribution in [3.8, 4) is 0 Å². The van der Waals surface area contributed by atoms with E-state index in [1.54, 1.807) is 42.3 Å². The first-order valence-corrected chi connectivity index (χ1v) is 6.39. The van der Waals surface area contributed by atoms with Crippen molar-refractivity contribution < 1.29 is 9.53 Å². The minimum atomic E-state index is -0.493. The number of esters is 1. The molecular weight excluding hydrogens is 301 g/mol. The smallest absolute Gasteiger partial charge is 0.339 e. The summed E-state index contributed by atoms with van der Waals surface area (Å²) in [4.78, 5) is 13.4. The fourth-order valence-corrected chi connectivity index (χ4v) is 1.90. The van der Waals surface area contributed by atoms with Gasteiger partial charge in [-0.05, 0) is 30.3 Å². The van der Waals surface area contributed by atoms with E-state index in [9.17, 15) is 4.79 Å². The average molecular weight is 312 g/mol. The molecule has 0 aliphatic rings. The van der Waals surface area contributed by atoms with Crippen LogP contribution in [0.25, 0.3) is 0 Å². The van der Waals surface area contributed by atoms with E-state index >= 15 is 0 Å². The Morgan fingerprint density at radius 1 is 1.20 bits per heavy atom. The zero-order valence-electron chi connectivity index (χ0n) is 10.8. The third-order valence-electron chi connectivity index (χ3n) is 2.70. The van der Waals surface area contributed by atoms with E-state index in [-0.39, 0.29) is 0 Å². The standard InChI is InChI=1S/C13H11Cl2N3O2/c1-18(12-6-5-11(15)16-17-12)8-3-4-10(14)9(7-8)13(19)20-2/h3-7H,1-2H3. The molecule has 0 amide bonds. The molecule has 0 radical (unpaired) electrons. The molecule has 1 heterocycles. The summed E-state index contributed by atoms with van der Waals surface area (Å²) < 4.78 is 4.69. The average Bonchev–Trinajstić information content (AvgIpc) is 2.47. The summed E-state index contributed by atoms with van der Waals surface area (Å²) in [5.41, 5.74) is 1.02. The Labute approximate surface area is 126 Å². The van der Waals surface area contributed by atoms with Crippen LogP contribution in [0.3, 0.4) is 0 Å². The number of carbonyl (C=O) groups is 1. The van der Waals surface area contributed by atoms with Gasteiger partial charge in [0, 0.05) is 12.7 Å². The van der Waals surface area contributed by atoms with Gasteiger partial charge in [0.15, 0.2) is 11.0 Å². The summed E-state index contributed by atoms with van der Waals surface area (Å²) in [5.74, 6) is 0.0972. The minimum Gasteiger partial charge on any atom is -0.465 e. The van der Waals surface area contributed by atoms with Gasteiger partial charge >= 0.3 is 5.97 Å². The molecule has 1 aromatic carbocycles. The highest BCUT2D eigenvalue weighted by molar-refractivity contribution is 6.33. The molecule has 104 valence electrons. The predicted molar refractivity (Wildman–Crippen MR) is 77.9 cm³/mol. The molecule has 0 atom stereocenters. The highest BCUT2D eigenvalue weighted by Crippen LogP contribution is 2.27. The lowest BCUT2D eigenvalue weighted by molar-refractivity contribution is 0.0601. The second-order valence-corrected chi connectivity index (χ2v) is 4.72. The molecule has 2 rings (SSSR count). The van der Waals surface area contributed by atoms with Gasteiger partial charge in [0.2, 0.25) is 0 Å². The third kappa shape index (κ3) is 3.00. The Morgan fingerprint density at radius 2 is 1.95 bits per heavy atom. The van der Waals surface area contributed by atoms with Gasteiger partial charge in [-0.1, -0.05) is 23.2 Å². The summed E-state index contributed by atoms with van der Waals surface area (Å²) in [6, 6.07) is 8.39. The molecule has 0 unspecified atom stereocenters. The van der Waals surface area contributed by atoms with Gasteiger partial charge < -0.3 is 9.64 Å². The van der Waals surface area contributed by atoms with E-state index in [1.807, 2.05) is 0 Å². The number of benzene rings is 1. The maximum Gasteiger partial charge on any atom is 0.339 e. The van der Waals surface area contributed by atoms with Crippen molar-refractivity contribution in [2.75, 3.05) is 19.1 Å². The lowest BCUT2D eigenvalue weighted by Crippen LogP contribution is -2.13. The summed E-state index contributed by atoms with van der Waals surface area (Å²) in [5, 5.41) is 8.38. The van der Waals surface area contributed by atoms with Crippen LogP contribution in [0.15, 0.2) is 30.3 Å². The molecule has 0 aliphatic heterocycles. The molecule has 0 fully saturated rings. The maximum absolute atomic E-state index is 11.6. The lowest BCUT2D eigenvalue weighted by Gasteiger charge is -2.18. The van der Waals surface area contributed by atoms with E-state index in [0.29, 0.717) is 21.6 Å². The number of hydrogen-bond acceptors (Lipinski definition) is 5. The molecule has 0 aliphatic carbocycles. The molecule has 0 saturated carbocycles. The first kappa shape index (κ1) is 14.6. The second-order valence-electron chi connectivity index (χ2n) is 3.93. The number of hydrogen-bond donors (Lipinski definition) is 0. The molecule has 0 bridgehead atoms. The van der Waals surface area contributed by atoms with Crippen LogP contribution in [0.4, 0.5) is 11.5 Å². The van der Waals surface area contributed by atoms with Gasteiger partial charge in [0.25, 0.3) is 0 Å². The van der Waals surface area contributed by atoms with Crippen LogP contribution in [-0.2, 0) is 4.74 Å². The summed E-state index contributed by atoms with van der Waals surface area (Å²) in [6.45, 7) is 0. The monoisotopic (exact) mass is 311 g/mol. The molecule has 0 N–H and O–H groups in total. The van der Waals surface area contributed by atoms with Crippen molar-refractivity contribution in [3.63, 3.8) is 0 Å². The van der Waals surface area contributed by atoms with Crippen molar-refractivity contribution >= 4 is 40.7 Å². The lowest BCUT2D eigenvalue weighted by atomic mass is 10.2. The summed E-state index contributed by atoms with van der Waals surface area (Å²) in [6.07, 6.45) is 0. The first-order valence-electron chi connectivity index (χ1n) is 5.63. The first-order chi connectivity index (χ1) is 9.52. The van der Waals surface area contributed by atoms with Crippen molar-refractivity contribution in [2.24, 2.45) is 0 Å². The van der Waals surface area contributed by atoms with Gasteiger partial charge in [-0.2, -0.15) is 0 Å². The Balaban J connectivity index is 2.37. The molecular formula is C13H11Cl2N3O2. The van der Waals surface area contributed by atoms with Crippen molar-refractivity contribution in [2.45, 2.75) is 0 Å². The van der Waals surface area contributed by atoms with Gasteiger partial charge in [-0.25, -0.2) is 4.79 Å². The third-order valence-corrected chi connectivity index (χ3v) is 3.24. The fraction of sp³-hybridized carbons (Fsp3) is 0.154. The molecule has 5 nitrogen and oxygen atoms in total. The van der Waals surface area contributed by atoms with E-state index in [2.05, 4.69) is 14.9 Å². The zero-order chi connectivity index (χ0) is 14.7. The van der Waals surface area contributed by atoms with E-state index in [0.717, 1.165) is 5.69 Å². The predicted octanol–water partition coefficient (Wildman–Crippen LogP) is 3.34. The number of methoxy groups -OCH3 is 1. The highest BCUT2D eigenvalue weighted by Gasteiger charge is 2.14. The highest BCUT2D eigenvalue weighted by atomic mass is 35.5. The number of rotatable bonds is 3. The Morgan fingerprint density at radius 3 is 2.55 bits per heavy atom. The minimum absolute atomic E-state index is 0.292. The van der Waals surface area contributed by atoms with Crippen LogP contribution in [-0.4, -0.2) is 30.3 Å². The molecule has 7 heteroatoms. The number of anilines is 2. The Kier molecular flexibility index (Phi) is 4.42.